The van der Waals surface area contributed by atoms with Crippen molar-refractivity contribution in [1.29, 1.82) is 0 Å². The Kier molecular flexibility index (Phi) is 4.16. The molecule has 18 heavy (non-hydrogen) atoms. The molecule has 0 aliphatic heterocycles. The third-order valence-corrected chi connectivity index (χ3v) is 4.22. The average molecular weight is 281 g/mol. The SMILES string of the molecule is CS(=O)(=O)N[C@H](Cc1ccccc1)c1cccs1. The van der Waals surface area contributed by atoms with Gasteiger partial charge >= 0.3 is 0 Å². The molecule has 1 heterocycles. The molecule has 0 aliphatic rings. The fourth-order valence-corrected chi connectivity index (χ4v) is 3.38. The van der Waals surface area contributed by atoms with E-state index in [9.17, 15) is 8.42 Å². The van der Waals surface area contributed by atoms with E-state index in [1.54, 1.807) is 11.3 Å². The summed E-state index contributed by atoms with van der Waals surface area (Å²) in [4.78, 5) is 1.03. The van der Waals surface area contributed by atoms with Gasteiger partial charge in [0.25, 0.3) is 0 Å². The van der Waals surface area contributed by atoms with Crippen LogP contribution in [0.25, 0.3) is 0 Å². The van der Waals surface area contributed by atoms with E-state index in [-0.39, 0.29) is 6.04 Å². The normalized spacial score (nSPS) is 13.4. The molecule has 0 unspecified atom stereocenters. The summed E-state index contributed by atoms with van der Waals surface area (Å²) in [6.07, 6.45) is 1.85. The summed E-state index contributed by atoms with van der Waals surface area (Å²) >= 11 is 1.56. The molecule has 96 valence electrons. The van der Waals surface area contributed by atoms with Crippen molar-refractivity contribution in [3.05, 3.63) is 58.3 Å². The Bertz CT molecular complexity index is 577. The van der Waals surface area contributed by atoms with Gasteiger partial charge in [0, 0.05) is 4.88 Å². The van der Waals surface area contributed by atoms with Crippen LogP contribution in [0.1, 0.15) is 16.5 Å². The predicted octanol–water partition coefficient (Wildman–Crippen LogP) is 2.58. The smallest absolute Gasteiger partial charge is 0.209 e. The Balaban J connectivity index is 2.21. The zero-order chi connectivity index (χ0) is 13.0. The quantitative estimate of drug-likeness (QED) is 0.915. The first kappa shape index (κ1) is 13.3. The first-order valence-corrected chi connectivity index (χ1v) is 8.36. The molecular weight excluding hydrogens is 266 g/mol. The van der Waals surface area contributed by atoms with Gasteiger partial charge in [-0.3, -0.25) is 0 Å². The molecule has 0 fully saturated rings. The van der Waals surface area contributed by atoms with E-state index in [1.807, 2.05) is 47.8 Å². The second kappa shape index (κ2) is 5.65. The van der Waals surface area contributed by atoms with Crippen LogP contribution in [-0.4, -0.2) is 14.7 Å². The van der Waals surface area contributed by atoms with Crippen LogP contribution in [0.3, 0.4) is 0 Å². The Morgan fingerprint density at radius 2 is 1.89 bits per heavy atom. The number of benzene rings is 1. The first-order valence-electron chi connectivity index (χ1n) is 5.59. The standard InChI is InChI=1S/C13H15NO2S2/c1-18(15,16)14-12(13-8-5-9-17-13)10-11-6-3-2-4-7-11/h2-9,12,14H,10H2,1H3/t12-/m1/s1. The van der Waals surface area contributed by atoms with Crippen LogP contribution in [0.4, 0.5) is 0 Å². The van der Waals surface area contributed by atoms with Gasteiger partial charge in [-0.1, -0.05) is 36.4 Å². The van der Waals surface area contributed by atoms with Gasteiger partial charge in [-0.05, 0) is 23.4 Å². The summed E-state index contributed by atoms with van der Waals surface area (Å²) in [6, 6.07) is 13.6. The van der Waals surface area contributed by atoms with E-state index in [2.05, 4.69) is 4.72 Å². The molecule has 3 nitrogen and oxygen atoms in total. The minimum absolute atomic E-state index is 0.192. The minimum Gasteiger partial charge on any atom is -0.213 e. The zero-order valence-electron chi connectivity index (χ0n) is 10.0. The predicted molar refractivity (Wildman–Crippen MR) is 75.2 cm³/mol. The van der Waals surface area contributed by atoms with E-state index < -0.39 is 10.0 Å². The van der Waals surface area contributed by atoms with Gasteiger partial charge in [-0.2, -0.15) is 0 Å². The van der Waals surface area contributed by atoms with Crippen molar-refractivity contribution >= 4 is 21.4 Å². The Labute approximate surface area is 112 Å². The summed E-state index contributed by atoms with van der Waals surface area (Å²) in [7, 11) is -3.21. The van der Waals surface area contributed by atoms with Crippen LogP contribution in [0.5, 0.6) is 0 Å². The number of thiophene rings is 1. The molecule has 0 radical (unpaired) electrons. The molecule has 1 aromatic heterocycles. The van der Waals surface area contributed by atoms with Gasteiger partial charge in [0.1, 0.15) is 0 Å². The molecule has 1 aromatic carbocycles. The maximum atomic E-state index is 11.4. The lowest BCUT2D eigenvalue weighted by Crippen LogP contribution is -2.28. The monoisotopic (exact) mass is 281 g/mol. The third-order valence-electron chi connectivity index (χ3n) is 2.53. The Morgan fingerprint density at radius 3 is 2.44 bits per heavy atom. The van der Waals surface area contributed by atoms with Crippen molar-refractivity contribution in [1.82, 2.24) is 4.72 Å². The lowest BCUT2D eigenvalue weighted by molar-refractivity contribution is 0.563. The molecule has 2 aromatic rings. The number of hydrogen-bond donors (Lipinski definition) is 1. The van der Waals surface area contributed by atoms with Crippen molar-refractivity contribution in [2.24, 2.45) is 0 Å². The van der Waals surface area contributed by atoms with Crippen molar-refractivity contribution < 1.29 is 8.42 Å². The fourth-order valence-electron chi connectivity index (χ4n) is 1.80. The molecule has 0 bridgehead atoms. The first-order chi connectivity index (χ1) is 8.54. The highest BCUT2D eigenvalue weighted by Gasteiger charge is 2.17. The molecule has 0 saturated carbocycles. The highest BCUT2D eigenvalue weighted by atomic mass is 32.2. The van der Waals surface area contributed by atoms with E-state index >= 15 is 0 Å². The summed E-state index contributed by atoms with van der Waals surface area (Å²) in [5, 5.41) is 1.96. The van der Waals surface area contributed by atoms with Gasteiger partial charge in [0.15, 0.2) is 0 Å². The summed E-state index contributed by atoms with van der Waals surface area (Å²) in [6.45, 7) is 0. The van der Waals surface area contributed by atoms with Crippen LogP contribution in [0.15, 0.2) is 47.8 Å². The average Bonchev–Trinajstić information content (AvgIpc) is 2.81. The fraction of sp³-hybridized carbons (Fsp3) is 0.231. The summed E-state index contributed by atoms with van der Waals surface area (Å²) in [5.74, 6) is 0. The molecule has 0 aliphatic carbocycles. The van der Waals surface area contributed by atoms with Crippen LogP contribution >= 0.6 is 11.3 Å². The third kappa shape index (κ3) is 3.94. The summed E-state index contributed by atoms with van der Waals surface area (Å²) < 4.78 is 25.5. The Hall–Kier alpha value is -1.17. The van der Waals surface area contributed by atoms with Crippen molar-refractivity contribution in [3.63, 3.8) is 0 Å². The Morgan fingerprint density at radius 1 is 1.17 bits per heavy atom. The number of nitrogens with one attached hydrogen (secondary N) is 1. The number of sulfonamides is 1. The van der Waals surface area contributed by atoms with Crippen molar-refractivity contribution in [3.8, 4) is 0 Å². The minimum atomic E-state index is -3.21. The van der Waals surface area contributed by atoms with E-state index in [0.717, 1.165) is 10.4 Å². The molecule has 2 rings (SSSR count). The van der Waals surface area contributed by atoms with Crippen LogP contribution in [-0.2, 0) is 16.4 Å². The topological polar surface area (TPSA) is 46.2 Å². The largest absolute Gasteiger partial charge is 0.213 e. The highest BCUT2D eigenvalue weighted by Crippen LogP contribution is 2.23. The lowest BCUT2D eigenvalue weighted by atomic mass is 10.1. The van der Waals surface area contributed by atoms with Crippen LogP contribution in [0, 0.1) is 0 Å². The van der Waals surface area contributed by atoms with Crippen LogP contribution < -0.4 is 4.72 Å². The number of hydrogen-bond acceptors (Lipinski definition) is 3. The van der Waals surface area contributed by atoms with E-state index in [4.69, 9.17) is 0 Å². The zero-order valence-corrected chi connectivity index (χ0v) is 11.7. The van der Waals surface area contributed by atoms with Gasteiger partial charge in [0.05, 0.1) is 12.3 Å². The second-order valence-corrected chi connectivity index (χ2v) is 6.91. The summed E-state index contributed by atoms with van der Waals surface area (Å²) in [5.41, 5.74) is 1.12. The lowest BCUT2D eigenvalue weighted by Gasteiger charge is -2.16. The molecule has 0 spiro atoms. The van der Waals surface area contributed by atoms with Crippen LogP contribution in [0.2, 0.25) is 0 Å². The second-order valence-electron chi connectivity index (χ2n) is 4.15. The van der Waals surface area contributed by atoms with Gasteiger partial charge < -0.3 is 0 Å². The van der Waals surface area contributed by atoms with E-state index in [1.165, 1.54) is 6.26 Å². The highest BCUT2D eigenvalue weighted by molar-refractivity contribution is 7.88. The molecule has 1 atom stereocenters. The maximum absolute atomic E-state index is 11.4. The molecule has 5 heteroatoms. The molecule has 1 N–H and O–H groups in total. The molecule has 0 amide bonds. The van der Waals surface area contributed by atoms with Gasteiger partial charge in [-0.25, -0.2) is 13.1 Å². The van der Waals surface area contributed by atoms with Crippen molar-refractivity contribution in [2.75, 3.05) is 6.26 Å². The van der Waals surface area contributed by atoms with Gasteiger partial charge in [-0.15, -0.1) is 11.3 Å². The van der Waals surface area contributed by atoms with Crippen molar-refractivity contribution in [2.45, 2.75) is 12.5 Å². The number of rotatable bonds is 5. The van der Waals surface area contributed by atoms with Gasteiger partial charge in [0.2, 0.25) is 10.0 Å². The van der Waals surface area contributed by atoms with E-state index in [0.29, 0.717) is 6.42 Å². The molecular formula is C13H15NO2S2. The molecule has 0 saturated heterocycles. The maximum Gasteiger partial charge on any atom is 0.209 e.